The SMILES string of the molecule is C=C/C(=C(\CNC)C(=O)N1CCCC(Oc2ccc(C(F)(F)F)cc2)(C(=O)N2CCN(C)CC2)C1)C(F)(F)F. The highest BCUT2D eigenvalue weighted by molar-refractivity contribution is 5.96. The fourth-order valence-electron chi connectivity index (χ4n) is 4.80. The Morgan fingerprint density at radius 1 is 1.03 bits per heavy atom. The summed E-state index contributed by atoms with van der Waals surface area (Å²) >= 11 is 0. The van der Waals surface area contributed by atoms with Crippen LogP contribution < -0.4 is 10.1 Å². The first kappa shape index (κ1) is 30.5. The Balaban J connectivity index is 1.99. The van der Waals surface area contributed by atoms with Crippen LogP contribution in [-0.4, -0.2) is 98.2 Å². The fourth-order valence-corrected chi connectivity index (χ4v) is 4.80. The molecule has 2 fully saturated rings. The molecule has 1 atom stereocenters. The molecule has 2 amide bonds. The molecule has 1 aromatic carbocycles. The average molecular weight is 563 g/mol. The first-order valence-corrected chi connectivity index (χ1v) is 12.4. The highest BCUT2D eigenvalue weighted by atomic mass is 19.4. The minimum atomic E-state index is -4.83. The van der Waals surface area contributed by atoms with Crippen molar-refractivity contribution >= 4 is 11.8 Å². The van der Waals surface area contributed by atoms with Crippen molar-refractivity contribution in [2.24, 2.45) is 0 Å². The quantitative estimate of drug-likeness (QED) is 0.313. The number of hydrogen-bond acceptors (Lipinski definition) is 5. The first-order valence-electron chi connectivity index (χ1n) is 12.4. The molecule has 2 heterocycles. The summed E-state index contributed by atoms with van der Waals surface area (Å²) in [6.07, 6.45) is -8.47. The van der Waals surface area contributed by atoms with Gasteiger partial charge in [0.25, 0.3) is 11.8 Å². The molecular formula is C26H32F6N4O3. The molecule has 2 aliphatic heterocycles. The second-order valence-electron chi connectivity index (χ2n) is 9.67. The topological polar surface area (TPSA) is 65.1 Å². The lowest BCUT2D eigenvalue weighted by atomic mass is 9.89. The molecule has 0 aromatic heterocycles. The number of piperidine rings is 1. The maximum absolute atomic E-state index is 13.9. The van der Waals surface area contributed by atoms with Gasteiger partial charge in [0.2, 0.25) is 5.60 Å². The van der Waals surface area contributed by atoms with E-state index in [2.05, 4.69) is 11.9 Å². The number of ether oxygens (including phenoxy) is 1. The summed E-state index contributed by atoms with van der Waals surface area (Å²) < 4.78 is 86.3. The number of halogens is 6. The van der Waals surface area contributed by atoms with Crippen molar-refractivity contribution in [3.63, 3.8) is 0 Å². The molecule has 0 spiro atoms. The predicted octanol–water partition coefficient (Wildman–Crippen LogP) is 3.48. The van der Waals surface area contributed by atoms with E-state index in [0.717, 1.165) is 29.2 Å². The molecule has 0 bridgehead atoms. The number of piperazine rings is 1. The van der Waals surface area contributed by atoms with Gasteiger partial charge < -0.3 is 24.8 Å². The third-order valence-electron chi connectivity index (χ3n) is 6.86. The van der Waals surface area contributed by atoms with Crippen molar-refractivity contribution in [3.05, 3.63) is 53.6 Å². The minimum absolute atomic E-state index is 0.0205. The van der Waals surface area contributed by atoms with Crippen LogP contribution in [0.15, 0.2) is 48.1 Å². The van der Waals surface area contributed by atoms with Crippen molar-refractivity contribution in [2.45, 2.75) is 30.8 Å². The van der Waals surface area contributed by atoms with E-state index in [1.165, 1.54) is 7.05 Å². The summed E-state index contributed by atoms with van der Waals surface area (Å²) in [5, 5.41) is 2.58. The standard InChI is InChI=1S/C26H32F6N4O3/c1-4-21(26(30,31)32)20(16-33-2)22(37)36-11-5-10-24(17-36,23(38)35-14-12-34(3)13-15-35)39-19-8-6-18(7-9-19)25(27,28)29/h4,6-9,33H,1,5,10-17H2,2-3H3/b21-20-. The van der Waals surface area contributed by atoms with Gasteiger partial charge in [0.15, 0.2) is 0 Å². The maximum Gasteiger partial charge on any atom is 0.416 e. The van der Waals surface area contributed by atoms with Gasteiger partial charge in [0.05, 0.1) is 17.7 Å². The van der Waals surface area contributed by atoms with Gasteiger partial charge in [-0.05, 0) is 51.2 Å². The Kier molecular flexibility index (Phi) is 9.37. The molecule has 1 unspecified atom stereocenters. The number of amides is 2. The van der Waals surface area contributed by atoms with Crippen LogP contribution in [0.25, 0.3) is 0 Å². The van der Waals surface area contributed by atoms with Crippen LogP contribution >= 0.6 is 0 Å². The number of hydrogen-bond donors (Lipinski definition) is 1. The molecule has 0 aliphatic carbocycles. The average Bonchev–Trinajstić information content (AvgIpc) is 2.87. The van der Waals surface area contributed by atoms with Gasteiger partial charge in [-0.1, -0.05) is 12.7 Å². The highest BCUT2D eigenvalue weighted by Crippen LogP contribution is 2.35. The van der Waals surface area contributed by atoms with Gasteiger partial charge in [-0.2, -0.15) is 26.3 Å². The van der Waals surface area contributed by atoms with Crippen LogP contribution in [0.3, 0.4) is 0 Å². The summed E-state index contributed by atoms with van der Waals surface area (Å²) in [7, 11) is 3.29. The Morgan fingerprint density at radius 2 is 1.64 bits per heavy atom. The van der Waals surface area contributed by atoms with Gasteiger partial charge >= 0.3 is 12.4 Å². The maximum atomic E-state index is 13.9. The van der Waals surface area contributed by atoms with E-state index in [0.29, 0.717) is 32.3 Å². The van der Waals surface area contributed by atoms with Crippen LogP contribution in [0.2, 0.25) is 0 Å². The van der Waals surface area contributed by atoms with Gasteiger partial charge in [0.1, 0.15) is 5.75 Å². The summed E-state index contributed by atoms with van der Waals surface area (Å²) in [4.78, 5) is 32.0. The summed E-state index contributed by atoms with van der Waals surface area (Å²) in [5.41, 5.74) is -4.34. The van der Waals surface area contributed by atoms with Crippen molar-refractivity contribution in [2.75, 3.05) is 59.9 Å². The number of alkyl halides is 6. The van der Waals surface area contributed by atoms with Crippen LogP contribution in [0.1, 0.15) is 18.4 Å². The van der Waals surface area contributed by atoms with Crippen LogP contribution in [0.4, 0.5) is 26.3 Å². The Labute approximate surface area is 223 Å². The molecule has 2 saturated heterocycles. The zero-order valence-electron chi connectivity index (χ0n) is 21.8. The molecule has 2 aliphatic rings. The van der Waals surface area contributed by atoms with Crippen LogP contribution in [0, 0.1) is 0 Å². The molecule has 1 aromatic rings. The van der Waals surface area contributed by atoms with E-state index in [1.54, 1.807) is 4.90 Å². The Hall–Kier alpha value is -3.06. The molecule has 7 nitrogen and oxygen atoms in total. The van der Waals surface area contributed by atoms with E-state index in [4.69, 9.17) is 4.74 Å². The fraction of sp³-hybridized carbons (Fsp3) is 0.538. The molecule has 0 radical (unpaired) electrons. The lowest BCUT2D eigenvalue weighted by molar-refractivity contribution is -0.157. The third-order valence-corrected chi connectivity index (χ3v) is 6.86. The monoisotopic (exact) mass is 562 g/mol. The number of rotatable bonds is 7. The van der Waals surface area contributed by atoms with Crippen LogP contribution in [0.5, 0.6) is 5.75 Å². The number of carbonyl (C=O) groups is 2. The molecule has 3 rings (SSSR count). The normalized spacial score (nSPS) is 21.8. The smallest absolute Gasteiger partial charge is 0.416 e. The molecule has 1 N–H and O–H groups in total. The second-order valence-corrected chi connectivity index (χ2v) is 9.67. The Bertz CT molecular complexity index is 1080. The third kappa shape index (κ3) is 7.13. The number of likely N-dealkylation sites (N-methyl/N-ethyl adjacent to an activating group) is 2. The molecule has 216 valence electrons. The number of allylic oxidation sites excluding steroid dienone is 2. The van der Waals surface area contributed by atoms with E-state index in [1.807, 2.05) is 11.9 Å². The summed E-state index contributed by atoms with van der Waals surface area (Å²) in [6, 6.07) is 3.83. The van der Waals surface area contributed by atoms with E-state index in [9.17, 15) is 35.9 Å². The lowest BCUT2D eigenvalue weighted by Crippen LogP contribution is -2.64. The number of carbonyl (C=O) groups excluding carboxylic acids is 2. The van der Waals surface area contributed by atoms with E-state index >= 15 is 0 Å². The molecule has 39 heavy (non-hydrogen) atoms. The highest BCUT2D eigenvalue weighted by Gasteiger charge is 2.49. The van der Waals surface area contributed by atoms with Crippen molar-refractivity contribution in [1.82, 2.24) is 20.0 Å². The van der Waals surface area contributed by atoms with E-state index < -0.39 is 53.0 Å². The Morgan fingerprint density at radius 3 is 2.15 bits per heavy atom. The van der Waals surface area contributed by atoms with Crippen molar-refractivity contribution in [3.8, 4) is 5.75 Å². The number of nitrogens with one attached hydrogen (secondary N) is 1. The van der Waals surface area contributed by atoms with Crippen molar-refractivity contribution in [1.29, 1.82) is 0 Å². The van der Waals surface area contributed by atoms with E-state index in [-0.39, 0.29) is 31.7 Å². The minimum Gasteiger partial charge on any atom is -0.476 e. The largest absolute Gasteiger partial charge is 0.476 e. The zero-order chi connectivity index (χ0) is 29.0. The molecular weight excluding hydrogens is 530 g/mol. The number of likely N-dealkylation sites (tertiary alicyclic amines) is 1. The summed E-state index contributed by atoms with van der Waals surface area (Å²) in [6.45, 7) is 4.41. The number of benzene rings is 1. The molecule has 0 saturated carbocycles. The molecule has 13 heteroatoms. The predicted molar refractivity (Wildman–Crippen MR) is 132 cm³/mol. The summed E-state index contributed by atoms with van der Waals surface area (Å²) in [5.74, 6) is -1.41. The van der Waals surface area contributed by atoms with Gasteiger partial charge in [-0.15, -0.1) is 0 Å². The van der Waals surface area contributed by atoms with Crippen molar-refractivity contribution < 1.29 is 40.7 Å². The van der Waals surface area contributed by atoms with Gasteiger partial charge in [0, 0.05) is 44.8 Å². The van der Waals surface area contributed by atoms with Crippen LogP contribution in [-0.2, 0) is 15.8 Å². The number of nitrogens with zero attached hydrogens (tertiary/aromatic N) is 3. The first-order chi connectivity index (χ1) is 18.2. The van der Waals surface area contributed by atoms with Gasteiger partial charge in [-0.25, -0.2) is 0 Å². The lowest BCUT2D eigenvalue weighted by Gasteiger charge is -2.45. The second kappa shape index (κ2) is 12.0. The van der Waals surface area contributed by atoms with Gasteiger partial charge in [-0.3, -0.25) is 9.59 Å². The zero-order valence-corrected chi connectivity index (χ0v) is 21.8.